The van der Waals surface area contributed by atoms with Crippen molar-refractivity contribution in [1.29, 1.82) is 0 Å². The fourth-order valence-corrected chi connectivity index (χ4v) is 3.13. The Kier molecular flexibility index (Phi) is 4.88. The SMILES string of the molecule is NNC(Cc1cccnc1)c1cc(Br)cc(Br)c1. The molecule has 18 heavy (non-hydrogen) atoms. The van der Waals surface area contributed by atoms with Gasteiger partial charge in [0.2, 0.25) is 0 Å². The first-order chi connectivity index (χ1) is 8.69. The summed E-state index contributed by atoms with van der Waals surface area (Å²) in [4.78, 5) is 4.11. The van der Waals surface area contributed by atoms with E-state index in [9.17, 15) is 0 Å². The van der Waals surface area contributed by atoms with Crippen molar-refractivity contribution in [3.8, 4) is 0 Å². The molecule has 5 heteroatoms. The molecule has 2 rings (SSSR count). The van der Waals surface area contributed by atoms with Crippen molar-refractivity contribution in [1.82, 2.24) is 10.4 Å². The molecule has 0 fully saturated rings. The molecule has 0 radical (unpaired) electrons. The van der Waals surface area contributed by atoms with Gasteiger partial charge in [-0.25, -0.2) is 0 Å². The minimum Gasteiger partial charge on any atom is -0.271 e. The Morgan fingerprint density at radius 3 is 2.50 bits per heavy atom. The number of pyridine rings is 1. The maximum atomic E-state index is 5.65. The predicted molar refractivity (Wildman–Crippen MR) is 79.8 cm³/mol. The lowest BCUT2D eigenvalue weighted by molar-refractivity contribution is 0.551. The van der Waals surface area contributed by atoms with Crippen LogP contribution in [-0.4, -0.2) is 4.98 Å². The molecule has 1 unspecified atom stereocenters. The van der Waals surface area contributed by atoms with E-state index in [4.69, 9.17) is 5.84 Å². The highest BCUT2D eigenvalue weighted by molar-refractivity contribution is 9.11. The molecule has 0 bridgehead atoms. The minimum absolute atomic E-state index is 0.0583. The number of nitrogens with one attached hydrogen (secondary N) is 1. The van der Waals surface area contributed by atoms with Crippen LogP contribution in [0.1, 0.15) is 17.2 Å². The van der Waals surface area contributed by atoms with Crippen LogP contribution in [0.15, 0.2) is 51.7 Å². The third-order valence-corrected chi connectivity index (χ3v) is 3.57. The van der Waals surface area contributed by atoms with Gasteiger partial charge in [-0.15, -0.1) is 0 Å². The molecule has 0 aliphatic rings. The lowest BCUT2D eigenvalue weighted by Crippen LogP contribution is -2.29. The van der Waals surface area contributed by atoms with E-state index in [1.165, 1.54) is 0 Å². The van der Waals surface area contributed by atoms with Crippen LogP contribution in [-0.2, 0) is 6.42 Å². The van der Waals surface area contributed by atoms with Gasteiger partial charge in [0.25, 0.3) is 0 Å². The number of nitrogens with two attached hydrogens (primary N) is 1. The van der Waals surface area contributed by atoms with Gasteiger partial charge in [-0.3, -0.25) is 16.3 Å². The molecule has 0 saturated heterocycles. The Morgan fingerprint density at radius 2 is 1.94 bits per heavy atom. The fourth-order valence-electron chi connectivity index (χ4n) is 1.80. The molecule has 1 aromatic heterocycles. The van der Waals surface area contributed by atoms with Gasteiger partial charge in [0.1, 0.15) is 0 Å². The van der Waals surface area contributed by atoms with Gasteiger partial charge in [-0.05, 0) is 41.8 Å². The van der Waals surface area contributed by atoms with Crippen LogP contribution < -0.4 is 11.3 Å². The molecule has 1 aromatic carbocycles. The Hall–Kier alpha value is -0.750. The molecule has 0 spiro atoms. The molecule has 3 nitrogen and oxygen atoms in total. The lowest BCUT2D eigenvalue weighted by atomic mass is 10.0. The van der Waals surface area contributed by atoms with Crippen LogP contribution in [0.2, 0.25) is 0 Å². The first-order valence-corrected chi connectivity index (χ1v) is 7.08. The van der Waals surface area contributed by atoms with Gasteiger partial charge in [-0.2, -0.15) is 0 Å². The summed E-state index contributed by atoms with van der Waals surface area (Å²) in [7, 11) is 0. The second-order valence-electron chi connectivity index (χ2n) is 3.99. The summed E-state index contributed by atoms with van der Waals surface area (Å²) >= 11 is 6.97. The summed E-state index contributed by atoms with van der Waals surface area (Å²) in [6, 6.07) is 10.2. The van der Waals surface area contributed by atoms with Crippen molar-refractivity contribution in [3.63, 3.8) is 0 Å². The molecule has 0 saturated carbocycles. The van der Waals surface area contributed by atoms with E-state index in [0.717, 1.165) is 26.5 Å². The standard InChI is InChI=1S/C13H13Br2N3/c14-11-5-10(6-12(15)7-11)13(18-16)4-9-2-1-3-17-8-9/h1-3,5-8,13,18H,4,16H2. The fraction of sp³-hybridized carbons (Fsp3) is 0.154. The third kappa shape index (κ3) is 3.62. The van der Waals surface area contributed by atoms with Crippen LogP contribution >= 0.6 is 31.9 Å². The lowest BCUT2D eigenvalue weighted by Gasteiger charge is -2.17. The van der Waals surface area contributed by atoms with E-state index in [1.54, 1.807) is 6.20 Å². The Morgan fingerprint density at radius 1 is 1.22 bits per heavy atom. The van der Waals surface area contributed by atoms with Crippen molar-refractivity contribution in [2.45, 2.75) is 12.5 Å². The Balaban J connectivity index is 2.23. The van der Waals surface area contributed by atoms with E-state index in [0.29, 0.717) is 0 Å². The van der Waals surface area contributed by atoms with Gasteiger partial charge in [0.05, 0.1) is 6.04 Å². The first kappa shape index (κ1) is 13.7. The van der Waals surface area contributed by atoms with E-state index in [1.807, 2.05) is 24.4 Å². The molecule has 3 N–H and O–H groups in total. The molecule has 0 aliphatic heterocycles. The molecule has 0 aliphatic carbocycles. The summed E-state index contributed by atoms with van der Waals surface area (Å²) in [6.07, 6.45) is 4.43. The van der Waals surface area contributed by atoms with Gasteiger partial charge < -0.3 is 0 Å². The summed E-state index contributed by atoms with van der Waals surface area (Å²) in [5, 5.41) is 0. The highest BCUT2D eigenvalue weighted by Crippen LogP contribution is 2.25. The highest BCUT2D eigenvalue weighted by Gasteiger charge is 2.12. The summed E-state index contributed by atoms with van der Waals surface area (Å²) in [5.41, 5.74) is 5.13. The number of aromatic nitrogens is 1. The second-order valence-corrected chi connectivity index (χ2v) is 5.82. The largest absolute Gasteiger partial charge is 0.271 e. The highest BCUT2D eigenvalue weighted by atomic mass is 79.9. The monoisotopic (exact) mass is 369 g/mol. The molecular formula is C13H13Br2N3. The third-order valence-electron chi connectivity index (χ3n) is 2.65. The van der Waals surface area contributed by atoms with Crippen LogP contribution in [0.3, 0.4) is 0 Å². The molecule has 2 aromatic rings. The van der Waals surface area contributed by atoms with Crippen molar-refractivity contribution >= 4 is 31.9 Å². The van der Waals surface area contributed by atoms with Gasteiger partial charge in [-0.1, -0.05) is 37.9 Å². The summed E-state index contributed by atoms with van der Waals surface area (Å²) in [6.45, 7) is 0. The van der Waals surface area contributed by atoms with Crippen LogP contribution in [0.4, 0.5) is 0 Å². The molecule has 0 amide bonds. The van der Waals surface area contributed by atoms with Crippen molar-refractivity contribution in [3.05, 3.63) is 62.8 Å². The topological polar surface area (TPSA) is 50.9 Å². The number of hydrogen-bond acceptors (Lipinski definition) is 3. The average molecular weight is 371 g/mol. The van der Waals surface area contributed by atoms with Crippen molar-refractivity contribution < 1.29 is 0 Å². The maximum Gasteiger partial charge on any atom is 0.0501 e. The average Bonchev–Trinajstić information content (AvgIpc) is 2.36. The first-order valence-electron chi connectivity index (χ1n) is 5.50. The zero-order valence-electron chi connectivity index (χ0n) is 9.61. The molecule has 94 valence electrons. The molecular weight excluding hydrogens is 358 g/mol. The number of hydrazine groups is 1. The molecule has 1 atom stereocenters. The summed E-state index contributed by atoms with van der Waals surface area (Å²) < 4.78 is 2.05. The van der Waals surface area contributed by atoms with Crippen LogP contribution in [0.5, 0.6) is 0 Å². The second kappa shape index (κ2) is 6.43. The zero-order valence-corrected chi connectivity index (χ0v) is 12.8. The van der Waals surface area contributed by atoms with E-state index in [-0.39, 0.29) is 6.04 Å². The summed E-state index contributed by atoms with van der Waals surface area (Å²) in [5.74, 6) is 5.65. The van der Waals surface area contributed by atoms with Crippen molar-refractivity contribution in [2.75, 3.05) is 0 Å². The number of nitrogens with zero attached hydrogens (tertiary/aromatic N) is 1. The van der Waals surface area contributed by atoms with Gasteiger partial charge in [0.15, 0.2) is 0 Å². The number of rotatable bonds is 4. The predicted octanol–water partition coefficient (Wildman–Crippen LogP) is 3.35. The maximum absolute atomic E-state index is 5.65. The normalized spacial score (nSPS) is 12.4. The Labute approximate surface area is 123 Å². The Bertz CT molecular complexity index is 497. The van der Waals surface area contributed by atoms with Crippen LogP contribution in [0, 0.1) is 0 Å². The van der Waals surface area contributed by atoms with E-state index >= 15 is 0 Å². The van der Waals surface area contributed by atoms with Gasteiger partial charge in [0, 0.05) is 21.3 Å². The quantitative estimate of drug-likeness (QED) is 0.640. The van der Waals surface area contributed by atoms with E-state index < -0.39 is 0 Å². The van der Waals surface area contributed by atoms with Gasteiger partial charge >= 0.3 is 0 Å². The van der Waals surface area contributed by atoms with Crippen LogP contribution in [0.25, 0.3) is 0 Å². The molecule has 1 heterocycles. The van der Waals surface area contributed by atoms with E-state index in [2.05, 4.69) is 54.4 Å². The zero-order chi connectivity index (χ0) is 13.0. The number of hydrogen-bond donors (Lipinski definition) is 2. The smallest absolute Gasteiger partial charge is 0.0501 e. The number of halogens is 2. The minimum atomic E-state index is 0.0583. The van der Waals surface area contributed by atoms with Crippen molar-refractivity contribution in [2.24, 2.45) is 5.84 Å². The number of benzene rings is 1.